The fraction of sp³-hybridized carbons (Fsp3) is 0.500. The lowest BCUT2D eigenvalue weighted by Crippen LogP contribution is -2.42. The molecule has 4 rings (SSSR count). The Morgan fingerprint density at radius 2 is 2.06 bits per heavy atom. The molecule has 3 aliphatic rings. The van der Waals surface area contributed by atoms with Crippen molar-refractivity contribution in [3.8, 4) is 0 Å². The number of ether oxygens (including phenoxy) is 1. The maximum atomic E-state index is 5.87. The standard InChI is InChI=1S/C14H16N2O/c1-2-10-6-11(7-15-14(10)3-1)16-8-12-4-5-13(9-16)17-12/h1-2,6-7,12-13H,3-5,8-9H2. The van der Waals surface area contributed by atoms with Crippen molar-refractivity contribution in [2.45, 2.75) is 31.5 Å². The Morgan fingerprint density at radius 3 is 2.88 bits per heavy atom. The van der Waals surface area contributed by atoms with E-state index >= 15 is 0 Å². The molecule has 2 aliphatic heterocycles. The molecule has 0 saturated carbocycles. The molecule has 2 saturated heterocycles. The highest BCUT2D eigenvalue weighted by Gasteiger charge is 2.33. The molecular formula is C14H16N2O. The fourth-order valence-electron chi connectivity index (χ4n) is 3.11. The van der Waals surface area contributed by atoms with Gasteiger partial charge in [0, 0.05) is 19.5 Å². The van der Waals surface area contributed by atoms with E-state index in [1.807, 2.05) is 6.20 Å². The smallest absolute Gasteiger partial charge is 0.0755 e. The molecule has 1 aromatic rings. The van der Waals surface area contributed by atoms with E-state index in [1.165, 1.54) is 29.8 Å². The first-order valence-corrected chi connectivity index (χ1v) is 6.44. The van der Waals surface area contributed by atoms with Gasteiger partial charge in [0.2, 0.25) is 0 Å². The van der Waals surface area contributed by atoms with E-state index in [4.69, 9.17) is 4.74 Å². The molecule has 3 heterocycles. The number of fused-ring (bicyclic) bond motifs is 3. The SMILES string of the molecule is C1=Cc2cc(N3CC4CCC(C3)O4)cnc2C1. The van der Waals surface area contributed by atoms with Crippen LogP contribution in [-0.2, 0) is 11.2 Å². The van der Waals surface area contributed by atoms with Crippen molar-refractivity contribution in [2.75, 3.05) is 18.0 Å². The zero-order valence-corrected chi connectivity index (χ0v) is 9.80. The van der Waals surface area contributed by atoms with Gasteiger partial charge in [-0.1, -0.05) is 12.2 Å². The van der Waals surface area contributed by atoms with E-state index in [1.54, 1.807) is 0 Å². The minimum absolute atomic E-state index is 0.442. The fourth-order valence-corrected chi connectivity index (χ4v) is 3.11. The minimum atomic E-state index is 0.442. The summed E-state index contributed by atoms with van der Waals surface area (Å²) in [5.41, 5.74) is 3.77. The molecule has 0 N–H and O–H groups in total. The van der Waals surface area contributed by atoms with Gasteiger partial charge < -0.3 is 9.64 Å². The van der Waals surface area contributed by atoms with Crippen LogP contribution in [0, 0.1) is 0 Å². The normalized spacial score (nSPS) is 29.8. The number of aromatic nitrogens is 1. The van der Waals surface area contributed by atoms with Gasteiger partial charge in [0.15, 0.2) is 0 Å². The predicted octanol–water partition coefficient (Wildman–Crippen LogP) is 2.02. The summed E-state index contributed by atoms with van der Waals surface area (Å²) >= 11 is 0. The Hall–Kier alpha value is -1.35. The molecule has 2 fully saturated rings. The van der Waals surface area contributed by atoms with E-state index in [0.29, 0.717) is 12.2 Å². The second-order valence-corrected chi connectivity index (χ2v) is 5.20. The van der Waals surface area contributed by atoms with Crippen LogP contribution in [0.1, 0.15) is 24.1 Å². The first-order valence-electron chi connectivity index (χ1n) is 6.44. The summed E-state index contributed by atoms with van der Waals surface area (Å²) < 4.78 is 5.87. The molecule has 1 aromatic heterocycles. The molecule has 88 valence electrons. The van der Waals surface area contributed by atoms with Crippen LogP contribution in [0.3, 0.4) is 0 Å². The zero-order valence-electron chi connectivity index (χ0n) is 9.80. The Morgan fingerprint density at radius 1 is 1.24 bits per heavy atom. The molecule has 0 radical (unpaired) electrons. The quantitative estimate of drug-likeness (QED) is 0.735. The van der Waals surface area contributed by atoms with Gasteiger partial charge in [0.1, 0.15) is 0 Å². The number of hydrogen-bond donors (Lipinski definition) is 0. The van der Waals surface area contributed by atoms with E-state index < -0.39 is 0 Å². The lowest BCUT2D eigenvalue weighted by atomic mass is 10.2. The van der Waals surface area contributed by atoms with Crippen LogP contribution in [0.15, 0.2) is 18.3 Å². The summed E-state index contributed by atoms with van der Waals surface area (Å²) in [6.07, 6.45) is 10.7. The molecule has 0 amide bonds. The van der Waals surface area contributed by atoms with Crippen molar-refractivity contribution in [1.82, 2.24) is 4.98 Å². The van der Waals surface area contributed by atoms with Gasteiger partial charge in [-0.25, -0.2) is 0 Å². The highest BCUT2D eigenvalue weighted by molar-refractivity contribution is 5.63. The van der Waals surface area contributed by atoms with Crippen molar-refractivity contribution in [1.29, 1.82) is 0 Å². The van der Waals surface area contributed by atoms with Crippen LogP contribution in [0.25, 0.3) is 6.08 Å². The average Bonchev–Trinajstić information content (AvgIpc) is 2.94. The third kappa shape index (κ3) is 1.57. The summed E-state index contributed by atoms with van der Waals surface area (Å²) in [7, 11) is 0. The Kier molecular flexibility index (Phi) is 2.03. The predicted molar refractivity (Wildman–Crippen MR) is 67.1 cm³/mol. The van der Waals surface area contributed by atoms with Crippen LogP contribution in [0.2, 0.25) is 0 Å². The topological polar surface area (TPSA) is 25.4 Å². The molecule has 17 heavy (non-hydrogen) atoms. The van der Waals surface area contributed by atoms with E-state index in [-0.39, 0.29) is 0 Å². The molecule has 0 aromatic carbocycles. The summed E-state index contributed by atoms with van der Waals surface area (Å²) in [4.78, 5) is 7.00. The number of pyridine rings is 1. The number of morpholine rings is 1. The third-order valence-corrected chi connectivity index (χ3v) is 4.01. The number of allylic oxidation sites excluding steroid dienone is 1. The van der Waals surface area contributed by atoms with Gasteiger partial charge in [0.05, 0.1) is 29.8 Å². The Balaban J connectivity index is 1.64. The van der Waals surface area contributed by atoms with Crippen LogP contribution >= 0.6 is 0 Å². The van der Waals surface area contributed by atoms with E-state index in [2.05, 4.69) is 28.1 Å². The first-order chi connectivity index (χ1) is 8.38. The molecular weight excluding hydrogens is 212 g/mol. The van der Waals surface area contributed by atoms with Crippen molar-refractivity contribution in [2.24, 2.45) is 0 Å². The van der Waals surface area contributed by atoms with Gasteiger partial charge in [-0.2, -0.15) is 0 Å². The van der Waals surface area contributed by atoms with Crippen molar-refractivity contribution in [3.63, 3.8) is 0 Å². The minimum Gasteiger partial charge on any atom is -0.371 e. The molecule has 3 heteroatoms. The van der Waals surface area contributed by atoms with E-state index in [0.717, 1.165) is 19.5 Å². The van der Waals surface area contributed by atoms with Crippen LogP contribution in [0.4, 0.5) is 5.69 Å². The highest BCUT2D eigenvalue weighted by Crippen LogP contribution is 2.30. The van der Waals surface area contributed by atoms with Crippen LogP contribution < -0.4 is 4.90 Å². The van der Waals surface area contributed by atoms with E-state index in [9.17, 15) is 0 Å². The number of anilines is 1. The van der Waals surface area contributed by atoms with Crippen molar-refractivity contribution < 1.29 is 4.74 Å². The summed E-state index contributed by atoms with van der Waals surface area (Å²) in [6.45, 7) is 2.06. The summed E-state index contributed by atoms with van der Waals surface area (Å²) in [5, 5.41) is 0. The average molecular weight is 228 g/mol. The number of hydrogen-bond acceptors (Lipinski definition) is 3. The lowest BCUT2D eigenvalue weighted by Gasteiger charge is -2.33. The highest BCUT2D eigenvalue weighted by atomic mass is 16.5. The maximum Gasteiger partial charge on any atom is 0.0755 e. The van der Waals surface area contributed by atoms with Crippen LogP contribution in [-0.4, -0.2) is 30.3 Å². The molecule has 1 aliphatic carbocycles. The van der Waals surface area contributed by atoms with Gasteiger partial charge in [-0.05, 0) is 24.5 Å². The third-order valence-electron chi connectivity index (χ3n) is 4.01. The zero-order chi connectivity index (χ0) is 11.2. The lowest BCUT2D eigenvalue weighted by molar-refractivity contribution is 0.0305. The molecule has 2 unspecified atom stereocenters. The Labute approximate surface area is 101 Å². The van der Waals surface area contributed by atoms with Crippen molar-refractivity contribution in [3.05, 3.63) is 29.6 Å². The molecule has 2 atom stereocenters. The number of nitrogens with zero attached hydrogens (tertiary/aromatic N) is 2. The Bertz CT molecular complexity index is 471. The molecule has 2 bridgehead atoms. The second kappa shape index (κ2) is 3.57. The maximum absolute atomic E-state index is 5.87. The van der Waals surface area contributed by atoms with Crippen LogP contribution in [0.5, 0.6) is 0 Å². The van der Waals surface area contributed by atoms with Gasteiger partial charge in [-0.15, -0.1) is 0 Å². The summed E-state index contributed by atoms with van der Waals surface area (Å²) in [5.74, 6) is 0. The van der Waals surface area contributed by atoms with Gasteiger partial charge in [0.25, 0.3) is 0 Å². The number of rotatable bonds is 1. The van der Waals surface area contributed by atoms with Gasteiger partial charge >= 0.3 is 0 Å². The monoisotopic (exact) mass is 228 g/mol. The summed E-state index contributed by atoms with van der Waals surface area (Å²) in [6, 6.07) is 2.27. The van der Waals surface area contributed by atoms with Gasteiger partial charge in [-0.3, -0.25) is 4.98 Å². The molecule has 0 spiro atoms. The second-order valence-electron chi connectivity index (χ2n) is 5.20. The van der Waals surface area contributed by atoms with Crippen molar-refractivity contribution >= 4 is 11.8 Å². The first kappa shape index (κ1) is 9.66. The molecule has 3 nitrogen and oxygen atoms in total. The largest absolute Gasteiger partial charge is 0.371 e.